The zero-order chi connectivity index (χ0) is 33.9. The molecule has 4 N–H and O–H groups in total. The lowest BCUT2D eigenvalue weighted by molar-refractivity contribution is 0.125. The molecular formula is C15H24N2S26. The van der Waals surface area contributed by atoms with Gasteiger partial charge in [-0.05, 0) is 39.5 Å². The molecule has 0 aromatic heterocycles. The van der Waals surface area contributed by atoms with Gasteiger partial charge in [-0.25, -0.2) is 0 Å². The third-order valence-electron chi connectivity index (χ3n) is 6.07. The predicted octanol–water partition coefficient (Wildman–Crippen LogP) is 3.38. The van der Waals surface area contributed by atoms with Crippen LogP contribution in [0.3, 0.4) is 0 Å². The van der Waals surface area contributed by atoms with Crippen molar-refractivity contribution in [2.24, 2.45) is 5.41 Å². The first-order chi connectivity index (χ1) is 21.3. The molecule has 43 heavy (non-hydrogen) atoms. The number of hydrogen-bond donors (Lipinski definition) is 2. The molecule has 250 valence electrons. The van der Waals surface area contributed by atoms with Crippen molar-refractivity contribution in [1.29, 1.82) is 0 Å². The molecule has 0 saturated heterocycles. The number of anilines is 2. The van der Waals surface area contributed by atoms with Crippen LogP contribution < -0.4 is 11.5 Å². The standard InChI is InChI=1S/C15H24N2.S26/c1-13(2)9-7-11(16)12(17)8-10(9)14(3,4)15(13,5)6;1-3-5-7-9-11-13-15-17-19-21-23-25-26-24-22-20-18-16-14-12-10-8-6-4-2/h7-8H,16-17H2,1-6H3;/i7D,8D;. The average Bonchev–Trinajstić information content (AvgIpc) is 3.11. The zero-order valence-electron chi connectivity index (χ0n) is 24.3. The van der Waals surface area contributed by atoms with E-state index in [0.29, 0.717) is 12.1 Å². The van der Waals surface area contributed by atoms with E-state index in [1.807, 2.05) is 71.0 Å². The predicted molar refractivity (Wildman–Crippen MR) is 267 cm³/mol. The summed E-state index contributed by atoms with van der Waals surface area (Å²) in [6, 6.07) is 0.597. The van der Waals surface area contributed by atoms with Crippen LogP contribution in [0.5, 0.6) is 0 Å². The molecule has 1 aromatic rings. The van der Waals surface area contributed by atoms with Crippen molar-refractivity contribution in [3.8, 4) is 0 Å². The van der Waals surface area contributed by atoms with Crippen LogP contribution >= 0.6 is 0 Å². The van der Waals surface area contributed by atoms with Crippen LogP contribution in [-0.2, 0) is 246 Å². The number of benzene rings is 1. The van der Waals surface area contributed by atoms with Gasteiger partial charge < -0.3 is 11.5 Å². The summed E-state index contributed by atoms with van der Waals surface area (Å²) in [4.78, 5) is 0. The van der Waals surface area contributed by atoms with Crippen molar-refractivity contribution in [1.82, 2.24) is 0 Å². The molecule has 2 rings (SSSR count). The van der Waals surface area contributed by atoms with Gasteiger partial charge in [-0.2, -0.15) is 0 Å². The summed E-state index contributed by atoms with van der Waals surface area (Å²) in [5.41, 5.74) is 13.6. The van der Waals surface area contributed by atoms with Crippen molar-refractivity contribution in [3.63, 3.8) is 0 Å². The first-order valence-corrected chi connectivity index (χ1v) is 43.6. The van der Waals surface area contributed by atoms with Crippen molar-refractivity contribution in [2.45, 2.75) is 52.4 Å². The molecular weight excluding hydrogens is 1040 g/mol. The Morgan fingerprint density at radius 2 is 0.628 bits per heavy atom. The smallest absolute Gasteiger partial charge is 0.0649 e. The lowest BCUT2D eigenvalue weighted by atomic mass is 9.59. The van der Waals surface area contributed by atoms with Crippen molar-refractivity contribution in [3.05, 3.63) is 23.2 Å². The molecule has 0 bridgehead atoms. The fraction of sp³-hybridized carbons (Fsp3) is 0.600. The summed E-state index contributed by atoms with van der Waals surface area (Å²) in [6.07, 6.45) is 0. The van der Waals surface area contributed by atoms with E-state index in [0.717, 1.165) is 11.1 Å². The fourth-order valence-corrected chi connectivity index (χ4v) is 63.5. The molecule has 0 heterocycles. The minimum absolute atomic E-state index is 0.0891. The van der Waals surface area contributed by atoms with E-state index in [1.54, 1.807) is 124 Å². The highest BCUT2D eigenvalue weighted by Crippen LogP contribution is 2.62. The Hall–Kier alpha value is 4.54. The molecule has 0 aliphatic heterocycles. The minimum Gasteiger partial charge on any atom is -0.397 e. The maximum Gasteiger partial charge on any atom is 0.0649 e. The Morgan fingerprint density at radius 3 is 0.814 bits per heavy atom. The Labute approximate surface area is 335 Å². The van der Waals surface area contributed by atoms with Gasteiger partial charge in [0.05, 0.1) is 14.1 Å². The molecule has 1 aliphatic carbocycles. The number of fused-ring (bicyclic) bond motifs is 1. The summed E-state index contributed by atoms with van der Waals surface area (Å²) < 4.78 is 16.7. The third kappa shape index (κ3) is 17.1. The largest absolute Gasteiger partial charge is 0.397 e. The van der Waals surface area contributed by atoms with Crippen LogP contribution in [0.2, 0.25) is 0 Å². The first kappa shape index (κ1) is 42.0. The molecule has 1 aromatic carbocycles. The van der Waals surface area contributed by atoms with Gasteiger partial charge in [-0.15, -0.1) is 0 Å². The Bertz CT molecular complexity index is 2230. The van der Waals surface area contributed by atoms with Gasteiger partial charge in [0, 0.05) is 236 Å². The Kier molecular flexibility index (Phi) is 25.7. The number of nitrogen functional groups attached to an aromatic ring is 2. The van der Waals surface area contributed by atoms with Crippen molar-refractivity contribution >= 4 is 247 Å². The fourth-order valence-electron chi connectivity index (χ4n) is 3.12. The molecule has 2 nitrogen and oxygen atoms in total. The maximum atomic E-state index is 8.33. The van der Waals surface area contributed by atoms with Crippen LogP contribution in [0.4, 0.5) is 11.4 Å². The highest BCUT2D eigenvalue weighted by Gasteiger charge is 2.56. The van der Waals surface area contributed by atoms with Crippen LogP contribution in [0.25, 0.3) is 0 Å². The molecule has 0 saturated carbocycles. The normalized spacial score (nSPS) is 14.5. The monoisotopic (exact) mass is 1070 g/mol. The van der Waals surface area contributed by atoms with Crippen LogP contribution in [-0.4, -0.2) is 0 Å². The lowest BCUT2D eigenvalue weighted by Gasteiger charge is -2.44. The number of rotatable bonds is 0. The molecule has 0 atom stereocenters. The van der Waals surface area contributed by atoms with Gasteiger partial charge in [-0.1, -0.05) is 41.5 Å². The first-order valence-electron chi connectivity index (χ1n) is 11.2. The lowest BCUT2D eigenvalue weighted by Crippen LogP contribution is -2.42. The van der Waals surface area contributed by atoms with Crippen LogP contribution in [0.15, 0.2) is 12.1 Å². The van der Waals surface area contributed by atoms with Gasteiger partial charge >= 0.3 is 0 Å². The third-order valence-corrected chi connectivity index (χ3v) is 57.2. The van der Waals surface area contributed by atoms with E-state index in [9.17, 15) is 0 Å². The molecule has 1 aliphatic rings. The van der Waals surface area contributed by atoms with E-state index in [1.165, 1.54) is 17.8 Å². The highest BCUT2D eigenvalue weighted by molar-refractivity contribution is 8.79. The van der Waals surface area contributed by atoms with Gasteiger partial charge in [0.25, 0.3) is 0 Å². The van der Waals surface area contributed by atoms with Gasteiger partial charge in [0.1, 0.15) is 0 Å². The van der Waals surface area contributed by atoms with E-state index in [-0.39, 0.29) is 27.6 Å². The Morgan fingerprint density at radius 1 is 0.442 bits per heavy atom. The van der Waals surface area contributed by atoms with Gasteiger partial charge in [-0.3, -0.25) is 0 Å². The molecule has 0 amide bonds. The van der Waals surface area contributed by atoms with E-state index < -0.39 is 0 Å². The summed E-state index contributed by atoms with van der Waals surface area (Å²) in [7, 11) is 41.8. The zero-order valence-corrected chi connectivity index (χ0v) is 43.5. The topological polar surface area (TPSA) is 52.0 Å². The quantitative estimate of drug-likeness (QED) is 0.392. The summed E-state index contributed by atoms with van der Waals surface area (Å²) in [6.45, 7) is 12.9. The average molecular weight is 1070 g/mol. The molecule has 28 heteroatoms. The van der Waals surface area contributed by atoms with Crippen LogP contribution in [0, 0.1) is 5.41 Å². The molecule has 0 spiro atoms. The second-order valence-electron chi connectivity index (χ2n) is 8.34. The number of hydrogen-bond acceptors (Lipinski definition) is 4. The molecule has 0 unspecified atom stereocenters. The van der Waals surface area contributed by atoms with E-state index in [2.05, 4.69) is 41.5 Å². The summed E-state index contributed by atoms with van der Waals surface area (Å²) >= 11 is 9.55. The van der Waals surface area contributed by atoms with E-state index in [4.69, 9.17) is 36.6 Å². The number of nitrogens with two attached hydrogens (primary N) is 2. The van der Waals surface area contributed by atoms with Gasteiger partial charge in [0.2, 0.25) is 0 Å². The summed E-state index contributed by atoms with van der Waals surface area (Å²) in [5.74, 6) is 0. The second-order valence-corrected chi connectivity index (χ2v) is 50.8. The van der Waals surface area contributed by atoms with E-state index >= 15 is 0 Å². The Balaban J connectivity index is 0.000000469. The highest BCUT2D eigenvalue weighted by atomic mass is 33.5. The second kappa shape index (κ2) is 26.3. The van der Waals surface area contributed by atoms with Crippen molar-refractivity contribution in [2.75, 3.05) is 11.5 Å². The molecule has 0 fully saturated rings. The maximum absolute atomic E-state index is 8.33. The van der Waals surface area contributed by atoms with Gasteiger partial charge in [0.15, 0.2) is 0 Å². The summed E-state index contributed by atoms with van der Waals surface area (Å²) in [5, 5.41) is 0. The SMILES string of the molecule is S=S=S=S=S=S=S=S=S=S=S=S=S=S=S=S=S=S=S=S=S=S=S=S=S=S.[2H]c1c(N)c(N)c([2H])c2c1C(C)(C)C(C)(C)C2(C)C. The van der Waals surface area contributed by atoms with Crippen molar-refractivity contribution < 1.29 is 2.74 Å². The van der Waals surface area contributed by atoms with Crippen LogP contribution in [0.1, 0.15) is 55.4 Å². The minimum atomic E-state index is -0.222. The molecule has 0 radical (unpaired) electrons.